The van der Waals surface area contributed by atoms with Crippen molar-refractivity contribution in [1.82, 2.24) is 14.5 Å². The Morgan fingerprint density at radius 2 is 2.03 bits per heavy atom. The lowest BCUT2D eigenvalue weighted by Crippen LogP contribution is -2.26. The van der Waals surface area contributed by atoms with Crippen LogP contribution in [-0.2, 0) is 6.54 Å². The number of aryl methyl sites for hydroxylation is 1. The number of halogens is 1. The second-order valence-electron chi connectivity index (χ2n) is 7.64. The van der Waals surface area contributed by atoms with Crippen LogP contribution in [0.2, 0.25) is 0 Å². The molecule has 4 aromatic rings. The average molecular weight is 453 g/mol. The number of fused-ring (bicyclic) bond motifs is 1. The fraction of sp³-hybridized carbons (Fsp3) is 0.120. The van der Waals surface area contributed by atoms with Crippen LogP contribution in [0.1, 0.15) is 16.8 Å². The molecular weight excluding hydrogens is 432 g/mol. The van der Waals surface area contributed by atoms with E-state index in [0.29, 0.717) is 28.1 Å². The lowest BCUT2D eigenvalue weighted by atomic mass is 9.95. The van der Waals surface area contributed by atoms with E-state index >= 15 is 0 Å². The summed E-state index contributed by atoms with van der Waals surface area (Å²) in [7, 11) is 1.73. The molecule has 0 radical (unpaired) electrons. The first-order valence-corrected chi connectivity index (χ1v) is 10.6. The summed E-state index contributed by atoms with van der Waals surface area (Å²) >= 11 is 0. The highest BCUT2D eigenvalue weighted by atomic mass is 19.1. The molecule has 34 heavy (non-hydrogen) atoms. The molecule has 168 valence electrons. The Morgan fingerprint density at radius 3 is 2.79 bits per heavy atom. The van der Waals surface area contributed by atoms with E-state index in [2.05, 4.69) is 27.1 Å². The molecule has 2 aromatic carbocycles. The third-order valence-corrected chi connectivity index (χ3v) is 5.44. The number of benzene rings is 2. The molecular formula is C25H21BFN5O2. The summed E-state index contributed by atoms with van der Waals surface area (Å²) < 4.78 is 16.1. The van der Waals surface area contributed by atoms with Gasteiger partial charge >= 0.3 is 0 Å². The Bertz CT molecular complexity index is 1540. The molecule has 2 aromatic heterocycles. The van der Waals surface area contributed by atoms with E-state index in [-0.39, 0.29) is 30.1 Å². The van der Waals surface area contributed by atoms with Crippen LogP contribution >= 0.6 is 0 Å². The summed E-state index contributed by atoms with van der Waals surface area (Å²) in [6, 6.07) is 13.5. The Hall–Kier alpha value is -4.29. The SMILES string of the molecule is Bc1ncnc(NCc2cc3cccc(C)c3c(=O)n2-c2ccccc2F)c1C(=N)C#CCO. The van der Waals surface area contributed by atoms with E-state index < -0.39 is 5.82 Å². The number of aliphatic hydroxyl groups excluding tert-OH is 1. The van der Waals surface area contributed by atoms with Gasteiger partial charge in [0.15, 0.2) is 7.85 Å². The monoisotopic (exact) mass is 453 g/mol. The average Bonchev–Trinajstić information content (AvgIpc) is 2.82. The largest absolute Gasteiger partial charge is 0.384 e. The molecule has 0 fully saturated rings. The standard InChI is InChI=1S/C25H21BFN5O2/c1-15-6-4-7-16-12-17(32(25(34)21(15)16)20-10-3-2-8-18(20)27)13-29-24-22(19(28)9-5-11-33)23(26)30-14-31-24/h2-4,6-8,10,12,14,28,33H,11,13,26H2,1H3,(H,29,30,31). The van der Waals surface area contributed by atoms with Crippen molar-refractivity contribution in [2.45, 2.75) is 13.5 Å². The zero-order valence-corrected chi connectivity index (χ0v) is 18.7. The molecule has 0 aliphatic rings. The maximum atomic E-state index is 14.8. The van der Waals surface area contributed by atoms with Crippen molar-refractivity contribution in [3.8, 4) is 17.5 Å². The lowest BCUT2D eigenvalue weighted by molar-refractivity contribution is 0.350. The van der Waals surface area contributed by atoms with E-state index in [1.165, 1.54) is 17.0 Å². The summed E-state index contributed by atoms with van der Waals surface area (Å²) in [5, 5.41) is 21.7. The first-order valence-electron chi connectivity index (χ1n) is 10.6. The molecule has 2 heterocycles. The van der Waals surface area contributed by atoms with Gasteiger partial charge in [0.2, 0.25) is 0 Å². The number of pyridine rings is 1. The Balaban J connectivity index is 1.85. The van der Waals surface area contributed by atoms with Crippen LogP contribution in [0.15, 0.2) is 59.7 Å². The van der Waals surface area contributed by atoms with Gasteiger partial charge in [0.1, 0.15) is 30.3 Å². The summed E-state index contributed by atoms with van der Waals surface area (Å²) in [6.07, 6.45) is 1.36. The maximum Gasteiger partial charge on any atom is 0.263 e. The highest BCUT2D eigenvalue weighted by Gasteiger charge is 2.17. The third-order valence-electron chi connectivity index (χ3n) is 5.44. The van der Waals surface area contributed by atoms with Crippen LogP contribution in [0.3, 0.4) is 0 Å². The second-order valence-corrected chi connectivity index (χ2v) is 7.64. The maximum absolute atomic E-state index is 14.8. The minimum absolute atomic E-state index is 0.0460. The topological polar surface area (TPSA) is 104 Å². The Kier molecular flexibility index (Phi) is 6.52. The van der Waals surface area contributed by atoms with Gasteiger partial charge in [-0.15, -0.1) is 0 Å². The fourth-order valence-electron chi connectivity index (χ4n) is 3.89. The summed E-state index contributed by atoms with van der Waals surface area (Å²) in [4.78, 5) is 21.9. The summed E-state index contributed by atoms with van der Waals surface area (Å²) in [6.45, 7) is 1.60. The quantitative estimate of drug-likeness (QED) is 0.241. The minimum atomic E-state index is -0.515. The molecule has 9 heteroatoms. The van der Waals surface area contributed by atoms with Gasteiger partial charge in [-0.2, -0.15) is 0 Å². The minimum Gasteiger partial charge on any atom is -0.384 e. The van der Waals surface area contributed by atoms with Crippen molar-refractivity contribution >= 4 is 35.7 Å². The number of rotatable bonds is 5. The number of para-hydroxylation sites is 1. The van der Waals surface area contributed by atoms with Gasteiger partial charge < -0.3 is 10.4 Å². The van der Waals surface area contributed by atoms with Gasteiger partial charge in [-0.3, -0.25) is 19.8 Å². The highest BCUT2D eigenvalue weighted by molar-refractivity contribution is 6.37. The van der Waals surface area contributed by atoms with Crippen LogP contribution in [0.25, 0.3) is 16.5 Å². The number of anilines is 1. The van der Waals surface area contributed by atoms with Crippen molar-refractivity contribution in [3.63, 3.8) is 0 Å². The first kappa shape index (κ1) is 22.9. The summed E-state index contributed by atoms with van der Waals surface area (Å²) in [5.41, 5.74) is 2.03. The number of nitrogens with one attached hydrogen (secondary N) is 2. The molecule has 0 unspecified atom stereocenters. The van der Waals surface area contributed by atoms with E-state index in [9.17, 15) is 9.18 Å². The smallest absolute Gasteiger partial charge is 0.263 e. The zero-order chi connectivity index (χ0) is 24.2. The number of aromatic nitrogens is 3. The molecule has 4 rings (SSSR count). The molecule has 0 aliphatic carbocycles. The third kappa shape index (κ3) is 4.31. The molecule has 7 nitrogen and oxygen atoms in total. The molecule has 0 atom stereocenters. The van der Waals surface area contributed by atoms with Crippen molar-refractivity contribution in [3.05, 3.63) is 87.9 Å². The van der Waals surface area contributed by atoms with Crippen molar-refractivity contribution < 1.29 is 9.50 Å². The highest BCUT2D eigenvalue weighted by Crippen LogP contribution is 2.21. The number of aliphatic hydroxyl groups is 1. The van der Waals surface area contributed by atoms with E-state index in [0.717, 1.165) is 10.9 Å². The van der Waals surface area contributed by atoms with Crippen molar-refractivity contribution in [2.24, 2.45) is 0 Å². The summed E-state index contributed by atoms with van der Waals surface area (Å²) in [5.74, 6) is 4.86. The Labute approximate surface area is 196 Å². The molecule has 0 amide bonds. The molecule has 0 saturated carbocycles. The number of hydrogen-bond acceptors (Lipinski definition) is 6. The van der Waals surface area contributed by atoms with Crippen LogP contribution < -0.4 is 16.5 Å². The van der Waals surface area contributed by atoms with Gasteiger partial charge in [-0.25, -0.2) is 9.37 Å². The van der Waals surface area contributed by atoms with Crippen LogP contribution in [0.4, 0.5) is 10.2 Å². The number of nitrogens with zero attached hydrogens (tertiary/aromatic N) is 3. The molecule has 0 aliphatic heterocycles. The van der Waals surface area contributed by atoms with Crippen LogP contribution in [-0.4, -0.2) is 39.8 Å². The first-order chi connectivity index (χ1) is 16.4. The zero-order valence-electron chi connectivity index (χ0n) is 18.7. The lowest BCUT2D eigenvalue weighted by Gasteiger charge is -2.18. The molecule has 0 bridgehead atoms. The second kappa shape index (κ2) is 9.69. The van der Waals surface area contributed by atoms with Gasteiger partial charge in [0, 0.05) is 11.3 Å². The van der Waals surface area contributed by atoms with Crippen molar-refractivity contribution in [2.75, 3.05) is 11.9 Å². The predicted octanol–water partition coefficient (Wildman–Crippen LogP) is 1.46. The van der Waals surface area contributed by atoms with Crippen LogP contribution in [0.5, 0.6) is 0 Å². The van der Waals surface area contributed by atoms with Gasteiger partial charge in [0.25, 0.3) is 5.56 Å². The molecule has 0 saturated heterocycles. The Morgan fingerprint density at radius 1 is 1.24 bits per heavy atom. The number of hydrogen-bond donors (Lipinski definition) is 3. The van der Waals surface area contributed by atoms with E-state index in [1.54, 1.807) is 26.0 Å². The predicted molar refractivity (Wildman–Crippen MR) is 133 cm³/mol. The molecule has 0 spiro atoms. The normalized spacial score (nSPS) is 10.6. The van der Waals surface area contributed by atoms with Gasteiger partial charge in [0.05, 0.1) is 23.2 Å². The van der Waals surface area contributed by atoms with Gasteiger partial charge in [-0.1, -0.05) is 36.3 Å². The molecule has 3 N–H and O–H groups in total. The van der Waals surface area contributed by atoms with E-state index in [4.69, 9.17) is 10.5 Å². The fourth-order valence-corrected chi connectivity index (χ4v) is 3.89. The van der Waals surface area contributed by atoms with E-state index in [1.807, 2.05) is 31.2 Å². The van der Waals surface area contributed by atoms with Crippen LogP contribution in [0, 0.1) is 30.0 Å². The van der Waals surface area contributed by atoms with Gasteiger partial charge in [-0.05, 0) is 42.0 Å². The van der Waals surface area contributed by atoms with Crippen molar-refractivity contribution in [1.29, 1.82) is 5.41 Å².